The zero-order valence-corrected chi connectivity index (χ0v) is 15.1. The number of rotatable bonds is 6. The Bertz CT molecular complexity index is 517. The number of halogens is 1. The molecule has 5 nitrogen and oxygen atoms in total. The van der Waals surface area contributed by atoms with E-state index < -0.39 is 0 Å². The largest absolute Gasteiger partial charge is 0.355 e. The molecular formula is C16H28ClN5. The fourth-order valence-corrected chi connectivity index (χ4v) is 3.15. The Labute approximate surface area is 138 Å². The fraction of sp³-hybridized carbons (Fsp3) is 0.688. The van der Waals surface area contributed by atoms with Gasteiger partial charge in [-0.15, -0.1) is 0 Å². The second-order valence-electron chi connectivity index (χ2n) is 6.41. The summed E-state index contributed by atoms with van der Waals surface area (Å²) in [6.07, 6.45) is 4.62. The summed E-state index contributed by atoms with van der Waals surface area (Å²) in [6, 6.07) is 2.58. The minimum Gasteiger partial charge on any atom is -0.355 e. The molecule has 1 aliphatic carbocycles. The molecule has 1 aromatic rings. The zero-order chi connectivity index (χ0) is 16.3. The number of hydrogen-bond donors (Lipinski definition) is 1. The molecule has 1 unspecified atom stereocenters. The van der Waals surface area contributed by atoms with Gasteiger partial charge in [0.1, 0.15) is 0 Å². The molecule has 0 aromatic carbocycles. The van der Waals surface area contributed by atoms with Gasteiger partial charge in [0, 0.05) is 45.6 Å². The number of nitrogens with zero attached hydrogens (tertiary/aromatic N) is 4. The van der Waals surface area contributed by atoms with Crippen LogP contribution in [0.5, 0.6) is 0 Å². The lowest BCUT2D eigenvalue weighted by atomic mass is 10.1. The number of likely N-dealkylation sites (N-methyl/N-ethyl adjacent to an activating group) is 1. The molecule has 0 aliphatic heterocycles. The molecule has 1 fully saturated rings. The highest BCUT2D eigenvalue weighted by Gasteiger charge is 2.32. The molecule has 1 aliphatic rings. The molecule has 0 bridgehead atoms. The quantitative estimate of drug-likeness (QED) is 0.642. The third-order valence-corrected chi connectivity index (χ3v) is 4.55. The maximum atomic E-state index is 6.05. The van der Waals surface area contributed by atoms with Crippen LogP contribution >= 0.6 is 11.6 Å². The van der Waals surface area contributed by atoms with Crippen LogP contribution in [0.15, 0.2) is 17.3 Å². The van der Waals surface area contributed by atoms with Gasteiger partial charge in [-0.2, -0.15) is 0 Å². The number of aromatic nitrogens is 1. The van der Waals surface area contributed by atoms with Gasteiger partial charge in [0.05, 0.1) is 11.6 Å². The smallest absolute Gasteiger partial charge is 0.193 e. The number of nitrogens with one attached hydrogen (secondary N) is 1. The topological polar surface area (TPSA) is 35.8 Å². The van der Waals surface area contributed by atoms with Gasteiger partial charge in [-0.05, 0) is 38.9 Å². The van der Waals surface area contributed by atoms with Crippen molar-refractivity contribution in [3.8, 4) is 0 Å². The summed E-state index contributed by atoms with van der Waals surface area (Å²) in [5.74, 6) is 1.75. The monoisotopic (exact) mass is 325 g/mol. The summed E-state index contributed by atoms with van der Waals surface area (Å²) in [6.45, 7) is 1.71. The van der Waals surface area contributed by atoms with Gasteiger partial charge in [-0.25, -0.2) is 0 Å². The van der Waals surface area contributed by atoms with Crippen LogP contribution < -0.4 is 5.32 Å². The minimum atomic E-state index is 0.578. The first kappa shape index (κ1) is 17.2. The Balaban J connectivity index is 1.91. The van der Waals surface area contributed by atoms with Crippen molar-refractivity contribution in [3.63, 3.8) is 0 Å². The number of guanidine groups is 1. The van der Waals surface area contributed by atoms with Crippen molar-refractivity contribution in [1.82, 2.24) is 19.7 Å². The van der Waals surface area contributed by atoms with E-state index >= 15 is 0 Å². The minimum absolute atomic E-state index is 0.578. The number of aryl methyl sites for hydroxylation is 1. The molecule has 22 heavy (non-hydrogen) atoms. The molecule has 1 heterocycles. The molecule has 1 atom stereocenters. The van der Waals surface area contributed by atoms with E-state index in [4.69, 9.17) is 11.6 Å². The molecule has 124 valence electrons. The maximum Gasteiger partial charge on any atom is 0.193 e. The summed E-state index contributed by atoms with van der Waals surface area (Å²) in [5.41, 5.74) is 1.17. The molecule has 0 saturated heterocycles. The van der Waals surface area contributed by atoms with Crippen molar-refractivity contribution in [3.05, 3.63) is 23.0 Å². The molecule has 2 rings (SSSR count). The molecular weight excluding hydrogens is 298 g/mol. The number of aliphatic imine (C=N–C) groups is 1. The molecule has 0 radical (unpaired) electrons. The highest BCUT2D eigenvalue weighted by molar-refractivity contribution is 6.30. The van der Waals surface area contributed by atoms with E-state index in [9.17, 15) is 0 Å². The van der Waals surface area contributed by atoms with Gasteiger partial charge in [0.15, 0.2) is 5.96 Å². The van der Waals surface area contributed by atoms with Crippen LogP contribution in [0, 0.1) is 5.92 Å². The van der Waals surface area contributed by atoms with E-state index in [0.717, 1.165) is 30.0 Å². The van der Waals surface area contributed by atoms with Gasteiger partial charge >= 0.3 is 0 Å². The average Bonchev–Trinajstić information content (AvgIpc) is 3.21. The predicted octanol–water partition coefficient (Wildman–Crippen LogP) is 2.03. The molecule has 1 saturated carbocycles. The summed E-state index contributed by atoms with van der Waals surface area (Å²) >= 11 is 6.05. The summed E-state index contributed by atoms with van der Waals surface area (Å²) in [4.78, 5) is 8.85. The molecule has 0 amide bonds. The standard InChI is InChI=1S/C16H28ClN5/c1-18-16(19-9-15(20(2)3)12-6-7-12)22(5)11-14-8-13(17)10-21(14)4/h8,10,12,15H,6-7,9,11H2,1-5H3,(H,18,19). The van der Waals surface area contributed by atoms with Crippen molar-refractivity contribution in [1.29, 1.82) is 0 Å². The molecule has 1 N–H and O–H groups in total. The first-order valence-corrected chi connectivity index (χ1v) is 8.19. The van der Waals surface area contributed by atoms with Gasteiger partial charge in [-0.3, -0.25) is 4.99 Å². The van der Waals surface area contributed by atoms with E-state index in [1.165, 1.54) is 18.5 Å². The summed E-state index contributed by atoms with van der Waals surface area (Å²) in [7, 11) is 10.2. The highest BCUT2D eigenvalue weighted by Crippen LogP contribution is 2.34. The fourth-order valence-electron chi connectivity index (χ4n) is 2.87. The van der Waals surface area contributed by atoms with Crippen molar-refractivity contribution < 1.29 is 0 Å². The lowest BCUT2D eigenvalue weighted by molar-refractivity contribution is 0.262. The molecule has 1 aromatic heterocycles. The van der Waals surface area contributed by atoms with Gasteiger partial charge in [0.25, 0.3) is 0 Å². The maximum absolute atomic E-state index is 6.05. The van der Waals surface area contributed by atoms with Gasteiger partial charge < -0.3 is 19.7 Å². The first-order chi connectivity index (χ1) is 10.4. The lowest BCUT2D eigenvalue weighted by Gasteiger charge is -2.28. The second kappa shape index (κ2) is 7.38. The van der Waals surface area contributed by atoms with Crippen molar-refractivity contribution in [2.24, 2.45) is 18.0 Å². The summed E-state index contributed by atoms with van der Waals surface area (Å²) in [5, 5.41) is 4.28. The lowest BCUT2D eigenvalue weighted by Crippen LogP contribution is -2.46. The van der Waals surface area contributed by atoms with E-state index in [1.54, 1.807) is 0 Å². The highest BCUT2D eigenvalue weighted by atomic mass is 35.5. The van der Waals surface area contributed by atoms with Crippen LogP contribution in [-0.2, 0) is 13.6 Å². The van der Waals surface area contributed by atoms with Crippen LogP contribution in [0.4, 0.5) is 0 Å². The van der Waals surface area contributed by atoms with Gasteiger partial charge in [0.2, 0.25) is 0 Å². The van der Waals surface area contributed by atoms with Crippen LogP contribution in [0.2, 0.25) is 5.02 Å². The zero-order valence-electron chi connectivity index (χ0n) is 14.3. The molecule has 6 heteroatoms. The van der Waals surface area contributed by atoms with Gasteiger partial charge in [-0.1, -0.05) is 11.6 Å². The second-order valence-corrected chi connectivity index (χ2v) is 6.85. The van der Waals surface area contributed by atoms with Crippen molar-refractivity contribution >= 4 is 17.6 Å². The normalized spacial score (nSPS) is 17.0. The third kappa shape index (κ3) is 4.40. The Morgan fingerprint density at radius 1 is 1.45 bits per heavy atom. The Morgan fingerprint density at radius 3 is 2.59 bits per heavy atom. The van der Waals surface area contributed by atoms with Crippen LogP contribution in [0.25, 0.3) is 0 Å². The Morgan fingerprint density at radius 2 is 2.14 bits per heavy atom. The first-order valence-electron chi connectivity index (χ1n) is 7.81. The van der Waals surface area contributed by atoms with Crippen LogP contribution in [0.3, 0.4) is 0 Å². The Hall–Kier alpha value is -1.20. The Kier molecular flexibility index (Phi) is 5.75. The molecule has 0 spiro atoms. The van der Waals surface area contributed by atoms with Crippen molar-refractivity contribution in [2.45, 2.75) is 25.4 Å². The number of hydrogen-bond acceptors (Lipinski definition) is 2. The van der Waals surface area contributed by atoms with Crippen LogP contribution in [-0.4, -0.2) is 61.1 Å². The van der Waals surface area contributed by atoms with E-state index in [0.29, 0.717) is 6.04 Å². The third-order valence-electron chi connectivity index (χ3n) is 4.35. The van der Waals surface area contributed by atoms with Crippen LogP contribution in [0.1, 0.15) is 18.5 Å². The van der Waals surface area contributed by atoms with E-state index in [-0.39, 0.29) is 0 Å². The van der Waals surface area contributed by atoms with E-state index in [1.807, 2.05) is 26.4 Å². The predicted molar refractivity (Wildman–Crippen MR) is 93.5 cm³/mol. The summed E-state index contributed by atoms with van der Waals surface area (Å²) < 4.78 is 2.05. The average molecular weight is 326 g/mol. The van der Waals surface area contributed by atoms with Crippen molar-refractivity contribution in [2.75, 3.05) is 34.7 Å². The van der Waals surface area contributed by atoms with E-state index in [2.05, 4.69) is 45.8 Å². The SMILES string of the molecule is CN=C(NCC(C1CC1)N(C)C)N(C)Cc1cc(Cl)cn1C.